The van der Waals surface area contributed by atoms with Gasteiger partial charge in [0.25, 0.3) is 0 Å². The van der Waals surface area contributed by atoms with Gasteiger partial charge in [-0.05, 0) is 24.6 Å². The molecule has 1 aliphatic rings. The fourth-order valence-electron chi connectivity index (χ4n) is 2.07. The first-order valence-electron chi connectivity index (χ1n) is 6.70. The van der Waals surface area contributed by atoms with Crippen molar-refractivity contribution in [1.82, 2.24) is 0 Å². The topological polar surface area (TPSA) is 89.9 Å². The molecule has 7 heteroatoms. The highest BCUT2D eigenvalue weighted by atomic mass is 32.2. The van der Waals surface area contributed by atoms with Crippen molar-refractivity contribution in [2.24, 2.45) is 5.92 Å². The summed E-state index contributed by atoms with van der Waals surface area (Å²) in [5.41, 5.74) is -0.0416. The van der Waals surface area contributed by atoms with E-state index in [1.807, 2.05) is 0 Å². The van der Waals surface area contributed by atoms with Gasteiger partial charge in [0.1, 0.15) is 0 Å². The van der Waals surface area contributed by atoms with Crippen LogP contribution in [-0.2, 0) is 19.3 Å². The molecule has 0 bridgehead atoms. The lowest BCUT2D eigenvalue weighted by Gasteiger charge is -2.09. The highest BCUT2D eigenvalue weighted by Gasteiger charge is 2.18. The van der Waals surface area contributed by atoms with E-state index in [1.54, 1.807) is 0 Å². The molecule has 1 aliphatic heterocycles. The van der Waals surface area contributed by atoms with Crippen molar-refractivity contribution in [3.63, 3.8) is 0 Å². The number of ether oxygens (including phenoxy) is 2. The standard InChI is InChI=1S/C14H18O6S/c15-14(16)12-2-1-3-13(8-12)21(17,18)7-6-20-10-11-4-5-19-9-11/h1-3,8,11H,4-7,9-10H2,(H,15,16). The highest BCUT2D eigenvalue weighted by molar-refractivity contribution is 7.91. The largest absolute Gasteiger partial charge is 0.478 e. The maximum absolute atomic E-state index is 12.1. The van der Waals surface area contributed by atoms with Gasteiger partial charge in [-0.2, -0.15) is 0 Å². The van der Waals surface area contributed by atoms with E-state index in [0.29, 0.717) is 19.1 Å². The average molecular weight is 314 g/mol. The van der Waals surface area contributed by atoms with E-state index in [9.17, 15) is 13.2 Å². The Labute approximate surface area is 123 Å². The number of carboxylic acid groups (broad SMARTS) is 1. The van der Waals surface area contributed by atoms with Gasteiger partial charge in [0.2, 0.25) is 0 Å². The van der Waals surface area contributed by atoms with Gasteiger partial charge < -0.3 is 14.6 Å². The van der Waals surface area contributed by atoms with Gasteiger partial charge in [-0.15, -0.1) is 0 Å². The third-order valence-corrected chi connectivity index (χ3v) is 4.99. The minimum Gasteiger partial charge on any atom is -0.478 e. The normalized spacial score (nSPS) is 18.8. The maximum atomic E-state index is 12.1. The molecule has 6 nitrogen and oxygen atoms in total. The number of aromatic carboxylic acids is 1. The van der Waals surface area contributed by atoms with Crippen LogP contribution in [0.3, 0.4) is 0 Å². The Morgan fingerprint density at radius 1 is 1.43 bits per heavy atom. The first-order chi connectivity index (χ1) is 9.99. The van der Waals surface area contributed by atoms with Crippen LogP contribution in [0, 0.1) is 5.92 Å². The van der Waals surface area contributed by atoms with Gasteiger partial charge in [-0.1, -0.05) is 6.07 Å². The Balaban J connectivity index is 1.88. The fourth-order valence-corrected chi connectivity index (χ4v) is 3.24. The number of sulfone groups is 1. The van der Waals surface area contributed by atoms with Crippen LogP contribution in [0.15, 0.2) is 29.2 Å². The van der Waals surface area contributed by atoms with E-state index < -0.39 is 15.8 Å². The van der Waals surface area contributed by atoms with E-state index in [1.165, 1.54) is 24.3 Å². The molecule has 1 saturated heterocycles. The average Bonchev–Trinajstić information content (AvgIpc) is 2.97. The smallest absolute Gasteiger partial charge is 0.335 e. The molecule has 1 N–H and O–H groups in total. The van der Waals surface area contributed by atoms with Crippen LogP contribution in [-0.4, -0.2) is 51.7 Å². The first kappa shape index (κ1) is 15.9. The summed E-state index contributed by atoms with van der Waals surface area (Å²) in [4.78, 5) is 10.9. The minimum atomic E-state index is -3.53. The maximum Gasteiger partial charge on any atom is 0.335 e. The summed E-state index contributed by atoms with van der Waals surface area (Å²) in [6, 6.07) is 5.35. The second-order valence-electron chi connectivity index (χ2n) is 4.96. The summed E-state index contributed by atoms with van der Waals surface area (Å²) in [5, 5.41) is 8.88. The number of rotatable bonds is 7. The molecule has 0 aromatic heterocycles. The molecule has 1 unspecified atom stereocenters. The molecule has 1 aromatic carbocycles. The first-order valence-corrected chi connectivity index (χ1v) is 8.36. The van der Waals surface area contributed by atoms with Crippen molar-refractivity contribution in [2.45, 2.75) is 11.3 Å². The zero-order valence-electron chi connectivity index (χ0n) is 11.5. The zero-order chi connectivity index (χ0) is 15.3. The lowest BCUT2D eigenvalue weighted by molar-refractivity contribution is 0.0696. The van der Waals surface area contributed by atoms with Crippen molar-refractivity contribution in [3.05, 3.63) is 29.8 Å². The number of benzene rings is 1. The Kier molecular flexibility index (Phi) is 5.33. The molecule has 116 valence electrons. The molecule has 0 amide bonds. The number of hydrogen-bond donors (Lipinski definition) is 1. The molecule has 21 heavy (non-hydrogen) atoms. The monoisotopic (exact) mass is 314 g/mol. The van der Waals surface area contributed by atoms with Gasteiger partial charge in [-0.3, -0.25) is 0 Å². The predicted octanol–water partition coefficient (Wildman–Crippen LogP) is 1.21. The molecule has 2 rings (SSSR count). The number of carboxylic acids is 1. The van der Waals surface area contributed by atoms with Crippen molar-refractivity contribution >= 4 is 15.8 Å². The van der Waals surface area contributed by atoms with E-state index in [4.69, 9.17) is 14.6 Å². The van der Waals surface area contributed by atoms with E-state index >= 15 is 0 Å². The summed E-state index contributed by atoms with van der Waals surface area (Å²) in [6.07, 6.45) is 0.938. The minimum absolute atomic E-state index is 0.00944. The zero-order valence-corrected chi connectivity index (χ0v) is 12.3. The van der Waals surface area contributed by atoms with Gasteiger partial charge in [0, 0.05) is 12.5 Å². The van der Waals surface area contributed by atoms with Crippen LogP contribution in [0.4, 0.5) is 0 Å². The summed E-state index contributed by atoms with van der Waals surface area (Å²) in [5.74, 6) is -0.975. The second-order valence-corrected chi connectivity index (χ2v) is 7.07. The summed E-state index contributed by atoms with van der Waals surface area (Å²) in [7, 11) is -3.53. The van der Waals surface area contributed by atoms with E-state index in [-0.39, 0.29) is 22.8 Å². The molecule has 1 heterocycles. The Morgan fingerprint density at radius 2 is 2.24 bits per heavy atom. The van der Waals surface area contributed by atoms with Crippen molar-refractivity contribution < 1.29 is 27.8 Å². The van der Waals surface area contributed by atoms with Crippen LogP contribution >= 0.6 is 0 Å². The van der Waals surface area contributed by atoms with Crippen LogP contribution in [0.2, 0.25) is 0 Å². The molecule has 1 atom stereocenters. The number of carbonyl (C=O) groups is 1. The van der Waals surface area contributed by atoms with Crippen molar-refractivity contribution in [1.29, 1.82) is 0 Å². The van der Waals surface area contributed by atoms with Crippen LogP contribution in [0.1, 0.15) is 16.8 Å². The molecule has 1 fully saturated rings. The SMILES string of the molecule is O=C(O)c1cccc(S(=O)(=O)CCOCC2CCOC2)c1. The van der Waals surface area contributed by atoms with Gasteiger partial charge >= 0.3 is 5.97 Å². The second kappa shape index (κ2) is 7.02. The summed E-state index contributed by atoms with van der Waals surface area (Å²) >= 11 is 0. The van der Waals surface area contributed by atoms with Crippen LogP contribution in [0.5, 0.6) is 0 Å². The molecule has 0 spiro atoms. The van der Waals surface area contributed by atoms with Gasteiger partial charge in [0.15, 0.2) is 9.84 Å². The highest BCUT2D eigenvalue weighted by Crippen LogP contribution is 2.15. The van der Waals surface area contributed by atoms with Crippen LogP contribution < -0.4 is 0 Å². The Hall–Kier alpha value is -1.44. The molecular formula is C14H18O6S. The molecule has 0 aliphatic carbocycles. The lowest BCUT2D eigenvalue weighted by atomic mass is 10.1. The molecular weight excluding hydrogens is 296 g/mol. The predicted molar refractivity (Wildman–Crippen MR) is 75.2 cm³/mol. The third-order valence-electron chi connectivity index (χ3n) is 3.31. The van der Waals surface area contributed by atoms with Crippen molar-refractivity contribution in [3.8, 4) is 0 Å². The van der Waals surface area contributed by atoms with Crippen LogP contribution in [0.25, 0.3) is 0 Å². The quantitative estimate of drug-likeness (QED) is 0.761. The molecule has 0 radical (unpaired) electrons. The molecule has 1 aromatic rings. The van der Waals surface area contributed by atoms with Gasteiger partial charge in [0.05, 0.1) is 36.0 Å². The lowest BCUT2D eigenvalue weighted by Crippen LogP contribution is -2.16. The summed E-state index contributed by atoms with van der Waals surface area (Å²) < 4.78 is 34.8. The Morgan fingerprint density at radius 3 is 2.90 bits per heavy atom. The Bertz CT molecular complexity index is 589. The van der Waals surface area contributed by atoms with E-state index in [0.717, 1.165) is 13.0 Å². The van der Waals surface area contributed by atoms with Crippen molar-refractivity contribution in [2.75, 3.05) is 32.2 Å². The summed E-state index contributed by atoms with van der Waals surface area (Å²) in [6.45, 7) is 1.97. The number of hydrogen-bond acceptors (Lipinski definition) is 5. The van der Waals surface area contributed by atoms with Gasteiger partial charge in [-0.25, -0.2) is 13.2 Å². The van der Waals surface area contributed by atoms with E-state index in [2.05, 4.69) is 0 Å². The third kappa shape index (κ3) is 4.52. The molecule has 0 saturated carbocycles. The fraction of sp³-hybridized carbons (Fsp3) is 0.500.